The summed E-state index contributed by atoms with van der Waals surface area (Å²) in [6.45, 7) is 4.05. The maximum Gasteiger partial charge on any atom is 0.326 e. The lowest BCUT2D eigenvalue weighted by Crippen LogP contribution is -2.57. The van der Waals surface area contributed by atoms with Crippen molar-refractivity contribution in [3.05, 3.63) is 0 Å². The Hall–Kier alpha value is -2.38. The number of hydrogen-bond donors (Lipinski definition) is 7. The monoisotopic (exact) mass is 518 g/mol. The number of thioether (sulfide) groups is 1. The third-order valence-electron chi connectivity index (χ3n) is 5.18. The average molecular weight is 519 g/mol. The molecule has 0 bridgehead atoms. The fraction of sp³-hybridized carbons (Fsp3) is 0.773. The van der Waals surface area contributed by atoms with E-state index < -0.39 is 53.8 Å². The van der Waals surface area contributed by atoms with Crippen molar-refractivity contribution in [2.24, 2.45) is 23.1 Å². The molecule has 0 saturated heterocycles. The molecule has 0 aliphatic carbocycles. The lowest BCUT2D eigenvalue weighted by atomic mass is 10.0. The van der Waals surface area contributed by atoms with Crippen molar-refractivity contribution in [2.75, 3.05) is 18.6 Å². The number of carboxylic acids is 1. The molecule has 0 radical (unpaired) electrons. The number of primary amides is 1. The molecule has 0 heterocycles. The molecule has 13 heteroatoms. The normalized spacial score (nSPS) is 14.5. The zero-order valence-corrected chi connectivity index (χ0v) is 21.7. The van der Waals surface area contributed by atoms with E-state index in [1.165, 1.54) is 11.8 Å². The van der Waals surface area contributed by atoms with Crippen LogP contribution < -0.4 is 33.2 Å². The van der Waals surface area contributed by atoms with Gasteiger partial charge in [0, 0.05) is 6.42 Å². The first-order valence-corrected chi connectivity index (χ1v) is 13.2. The molecule has 0 aromatic heterocycles. The van der Waals surface area contributed by atoms with Gasteiger partial charge < -0.3 is 38.3 Å². The third kappa shape index (κ3) is 14.6. The minimum Gasteiger partial charge on any atom is -0.480 e. The molecule has 0 saturated carbocycles. The molecule has 35 heavy (non-hydrogen) atoms. The molecule has 4 amide bonds. The molecule has 0 rings (SSSR count). The second-order valence-electron chi connectivity index (χ2n) is 8.83. The fourth-order valence-electron chi connectivity index (χ4n) is 3.21. The number of carboxylic acid groups (broad SMARTS) is 1. The van der Waals surface area contributed by atoms with E-state index in [2.05, 4.69) is 16.0 Å². The highest BCUT2D eigenvalue weighted by atomic mass is 32.2. The van der Waals surface area contributed by atoms with E-state index in [1.807, 2.05) is 20.1 Å². The zero-order chi connectivity index (χ0) is 27.0. The van der Waals surface area contributed by atoms with Crippen LogP contribution in [0.15, 0.2) is 0 Å². The van der Waals surface area contributed by atoms with Crippen molar-refractivity contribution in [3.63, 3.8) is 0 Å². The largest absolute Gasteiger partial charge is 0.480 e. The molecule has 0 aromatic carbocycles. The summed E-state index contributed by atoms with van der Waals surface area (Å²) in [4.78, 5) is 61.2. The van der Waals surface area contributed by atoms with E-state index in [-0.39, 0.29) is 31.6 Å². The summed E-state index contributed by atoms with van der Waals surface area (Å²) in [7, 11) is 0. The van der Waals surface area contributed by atoms with Gasteiger partial charge in [-0.15, -0.1) is 0 Å². The Morgan fingerprint density at radius 1 is 0.857 bits per heavy atom. The highest BCUT2D eigenvalue weighted by molar-refractivity contribution is 7.98. The van der Waals surface area contributed by atoms with Crippen LogP contribution in [0.2, 0.25) is 0 Å². The summed E-state index contributed by atoms with van der Waals surface area (Å²) in [5, 5.41) is 17.1. The molecule has 0 aliphatic rings. The van der Waals surface area contributed by atoms with Gasteiger partial charge in [0.15, 0.2) is 0 Å². The topological polar surface area (TPSA) is 220 Å². The predicted molar refractivity (Wildman–Crippen MR) is 135 cm³/mol. The van der Waals surface area contributed by atoms with Gasteiger partial charge in [-0.05, 0) is 63.0 Å². The van der Waals surface area contributed by atoms with Crippen LogP contribution in [0.25, 0.3) is 0 Å². The van der Waals surface area contributed by atoms with Crippen LogP contribution in [0.1, 0.15) is 58.8 Å². The van der Waals surface area contributed by atoms with E-state index in [9.17, 15) is 29.1 Å². The van der Waals surface area contributed by atoms with Gasteiger partial charge in [0.25, 0.3) is 0 Å². The molecule has 10 N–H and O–H groups in total. The highest BCUT2D eigenvalue weighted by Crippen LogP contribution is 2.09. The smallest absolute Gasteiger partial charge is 0.326 e. The minimum atomic E-state index is -1.18. The SMILES string of the molecule is CSCCC(N)C(=O)NC(CCC(N)=O)C(=O)NC(CCCCN)C(=O)NC(CC(C)C)C(=O)O. The Balaban J connectivity index is 5.54. The Morgan fingerprint density at radius 2 is 1.40 bits per heavy atom. The van der Waals surface area contributed by atoms with Gasteiger partial charge in [-0.25, -0.2) is 4.79 Å². The molecule has 0 aliphatic heterocycles. The summed E-state index contributed by atoms with van der Waals surface area (Å²) >= 11 is 1.52. The zero-order valence-electron chi connectivity index (χ0n) is 20.9. The van der Waals surface area contributed by atoms with Gasteiger partial charge in [-0.2, -0.15) is 11.8 Å². The number of unbranched alkanes of at least 4 members (excludes halogenated alkanes) is 1. The van der Waals surface area contributed by atoms with E-state index in [0.29, 0.717) is 31.6 Å². The molecular formula is C22H42N6O6S. The number of rotatable bonds is 19. The molecule has 0 aromatic rings. The van der Waals surface area contributed by atoms with Gasteiger partial charge in [0.05, 0.1) is 6.04 Å². The van der Waals surface area contributed by atoms with Gasteiger partial charge in [-0.1, -0.05) is 13.8 Å². The average Bonchev–Trinajstić information content (AvgIpc) is 2.78. The number of carbonyl (C=O) groups excluding carboxylic acids is 4. The Morgan fingerprint density at radius 3 is 1.89 bits per heavy atom. The van der Waals surface area contributed by atoms with E-state index in [4.69, 9.17) is 17.2 Å². The van der Waals surface area contributed by atoms with Crippen molar-refractivity contribution in [1.29, 1.82) is 0 Å². The first kappa shape index (κ1) is 32.6. The van der Waals surface area contributed by atoms with Crippen LogP contribution >= 0.6 is 11.8 Å². The van der Waals surface area contributed by atoms with E-state index >= 15 is 0 Å². The highest BCUT2D eigenvalue weighted by Gasteiger charge is 2.30. The van der Waals surface area contributed by atoms with Gasteiger partial charge in [0.1, 0.15) is 18.1 Å². The predicted octanol–water partition coefficient (Wildman–Crippen LogP) is -0.954. The number of carbonyl (C=O) groups is 5. The lowest BCUT2D eigenvalue weighted by molar-refractivity contribution is -0.142. The lowest BCUT2D eigenvalue weighted by Gasteiger charge is -2.25. The second-order valence-corrected chi connectivity index (χ2v) is 9.81. The molecule has 4 unspecified atom stereocenters. The first-order chi connectivity index (χ1) is 16.4. The first-order valence-electron chi connectivity index (χ1n) is 11.8. The third-order valence-corrected chi connectivity index (χ3v) is 5.83. The number of hydrogen-bond acceptors (Lipinski definition) is 8. The maximum atomic E-state index is 13.0. The fourth-order valence-corrected chi connectivity index (χ4v) is 3.70. The summed E-state index contributed by atoms with van der Waals surface area (Å²) in [5.74, 6) is -3.07. The minimum absolute atomic E-state index is 0.0189. The molecule has 0 spiro atoms. The summed E-state index contributed by atoms with van der Waals surface area (Å²) in [5.41, 5.74) is 16.6. The van der Waals surface area contributed by atoms with Crippen LogP contribution in [-0.2, 0) is 24.0 Å². The van der Waals surface area contributed by atoms with E-state index in [1.54, 1.807) is 0 Å². The van der Waals surface area contributed by atoms with Crippen LogP contribution in [0.3, 0.4) is 0 Å². The van der Waals surface area contributed by atoms with Crippen molar-refractivity contribution < 1.29 is 29.1 Å². The molecule has 12 nitrogen and oxygen atoms in total. The quantitative estimate of drug-likeness (QED) is 0.105. The number of nitrogens with two attached hydrogens (primary N) is 3. The van der Waals surface area contributed by atoms with Gasteiger partial charge >= 0.3 is 5.97 Å². The summed E-state index contributed by atoms with van der Waals surface area (Å²) in [6.07, 6.45) is 3.56. The van der Waals surface area contributed by atoms with E-state index in [0.717, 1.165) is 0 Å². The van der Waals surface area contributed by atoms with Crippen LogP contribution in [-0.4, -0.2) is 77.4 Å². The number of nitrogens with one attached hydrogen (secondary N) is 3. The van der Waals surface area contributed by atoms with Crippen LogP contribution in [0, 0.1) is 5.92 Å². The van der Waals surface area contributed by atoms with Crippen molar-refractivity contribution in [2.45, 2.75) is 83.0 Å². The Bertz CT molecular complexity index is 708. The van der Waals surface area contributed by atoms with Crippen LogP contribution in [0.4, 0.5) is 0 Å². The second kappa shape index (κ2) is 18.0. The Labute approximate surface area is 211 Å². The Kier molecular flexibility index (Phi) is 16.7. The summed E-state index contributed by atoms with van der Waals surface area (Å²) < 4.78 is 0. The van der Waals surface area contributed by atoms with Gasteiger partial charge in [-0.3, -0.25) is 19.2 Å². The molecule has 4 atom stereocenters. The number of amides is 4. The van der Waals surface area contributed by atoms with Gasteiger partial charge in [0.2, 0.25) is 23.6 Å². The van der Waals surface area contributed by atoms with Crippen molar-refractivity contribution in [3.8, 4) is 0 Å². The summed E-state index contributed by atoms with van der Waals surface area (Å²) in [6, 6.07) is -4.16. The standard InChI is InChI=1S/C22H42N6O6S/c1-13(2)12-17(22(33)34)28-20(31)15(6-4-5-10-23)27-21(32)16(7-8-18(25)29)26-19(30)14(24)9-11-35-3/h13-17H,4-12,23-24H2,1-3H3,(H2,25,29)(H,26,30)(H,27,32)(H,28,31)(H,33,34). The van der Waals surface area contributed by atoms with Crippen LogP contribution in [0.5, 0.6) is 0 Å². The molecule has 0 fully saturated rings. The molecular weight excluding hydrogens is 476 g/mol. The van der Waals surface area contributed by atoms with Crippen molar-refractivity contribution in [1.82, 2.24) is 16.0 Å². The molecule has 202 valence electrons. The number of aliphatic carboxylic acids is 1. The van der Waals surface area contributed by atoms with Crippen molar-refractivity contribution >= 4 is 41.4 Å². The maximum absolute atomic E-state index is 13.0.